The number of fused-ring (bicyclic) bond motifs is 1. The molecule has 1 aliphatic rings. The quantitative estimate of drug-likeness (QED) is 0.520. The van der Waals surface area contributed by atoms with Crippen LogP contribution in [0.3, 0.4) is 0 Å². The van der Waals surface area contributed by atoms with E-state index < -0.39 is 0 Å². The molecule has 2 heterocycles. The molecule has 0 unspecified atom stereocenters. The molecule has 1 saturated heterocycles. The molecule has 0 aliphatic carbocycles. The molecule has 156 valence electrons. The van der Waals surface area contributed by atoms with Crippen LogP contribution in [0.4, 0.5) is 10.5 Å². The van der Waals surface area contributed by atoms with Crippen molar-refractivity contribution in [3.05, 3.63) is 96.3 Å². The average molecular weight is 412 g/mol. The SMILES string of the molecule is O=C(Nc1ccc2nc[nH]c2c1)N1CCN(C(c2ccccc2)c2ccccc2)CC1. The van der Waals surface area contributed by atoms with Gasteiger partial charge < -0.3 is 15.2 Å². The van der Waals surface area contributed by atoms with Crippen LogP contribution in [0.15, 0.2) is 85.2 Å². The van der Waals surface area contributed by atoms with Crippen LogP contribution in [0.1, 0.15) is 17.2 Å². The summed E-state index contributed by atoms with van der Waals surface area (Å²) in [6.07, 6.45) is 1.66. The van der Waals surface area contributed by atoms with Gasteiger partial charge in [-0.3, -0.25) is 4.90 Å². The Kier molecular flexibility index (Phi) is 5.37. The Morgan fingerprint density at radius 1 is 0.871 bits per heavy atom. The van der Waals surface area contributed by atoms with Crippen molar-refractivity contribution in [2.75, 3.05) is 31.5 Å². The standard InChI is InChI=1S/C25H25N5O/c31-25(28-21-11-12-22-23(17-21)27-18-26-22)30-15-13-29(14-16-30)24(19-7-3-1-4-8-19)20-9-5-2-6-10-20/h1-12,17-18,24H,13-16H2,(H,26,27)(H,28,31). The van der Waals surface area contributed by atoms with E-state index in [9.17, 15) is 4.79 Å². The number of hydrogen-bond donors (Lipinski definition) is 2. The third-order valence-electron chi connectivity index (χ3n) is 5.87. The Hall–Kier alpha value is -3.64. The van der Waals surface area contributed by atoms with Crippen molar-refractivity contribution in [3.63, 3.8) is 0 Å². The fraction of sp³-hybridized carbons (Fsp3) is 0.200. The number of piperazine rings is 1. The maximum atomic E-state index is 12.8. The molecule has 0 atom stereocenters. The van der Waals surface area contributed by atoms with E-state index >= 15 is 0 Å². The van der Waals surface area contributed by atoms with Gasteiger partial charge in [-0.25, -0.2) is 9.78 Å². The maximum absolute atomic E-state index is 12.8. The summed E-state index contributed by atoms with van der Waals surface area (Å²) in [5.74, 6) is 0. The summed E-state index contributed by atoms with van der Waals surface area (Å²) in [5, 5.41) is 3.02. The normalized spacial score (nSPS) is 14.8. The molecule has 31 heavy (non-hydrogen) atoms. The van der Waals surface area contributed by atoms with Crippen LogP contribution in [0.2, 0.25) is 0 Å². The molecule has 6 nitrogen and oxygen atoms in total. The summed E-state index contributed by atoms with van der Waals surface area (Å²) in [6, 6.07) is 27.0. The van der Waals surface area contributed by atoms with Gasteiger partial charge in [-0.1, -0.05) is 60.7 Å². The number of aromatic amines is 1. The highest BCUT2D eigenvalue weighted by Gasteiger charge is 2.28. The molecule has 0 saturated carbocycles. The molecule has 4 aromatic rings. The number of H-pyrrole nitrogens is 1. The molecule has 1 fully saturated rings. The molecular formula is C25H25N5O. The highest BCUT2D eigenvalue weighted by Crippen LogP contribution is 2.29. The lowest BCUT2D eigenvalue weighted by Gasteiger charge is -2.39. The van der Waals surface area contributed by atoms with E-state index in [1.807, 2.05) is 23.1 Å². The number of aromatic nitrogens is 2. The van der Waals surface area contributed by atoms with Gasteiger partial charge in [-0.2, -0.15) is 0 Å². The molecule has 0 spiro atoms. The molecule has 2 amide bonds. The van der Waals surface area contributed by atoms with E-state index in [1.54, 1.807) is 6.33 Å². The van der Waals surface area contributed by atoms with Gasteiger partial charge >= 0.3 is 6.03 Å². The molecular weight excluding hydrogens is 386 g/mol. The van der Waals surface area contributed by atoms with E-state index in [0.717, 1.165) is 29.8 Å². The van der Waals surface area contributed by atoms with E-state index in [0.29, 0.717) is 13.1 Å². The Morgan fingerprint density at radius 2 is 1.52 bits per heavy atom. The van der Waals surface area contributed by atoms with Crippen LogP contribution < -0.4 is 5.32 Å². The number of urea groups is 1. The van der Waals surface area contributed by atoms with E-state index in [-0.39, 0.29) is 12.1 Å². The van der Waals surface area contributed by atoms with E-state index in [2.05, 4.69) is 80.8 Å². The van der Waals surface area contributed by atoms with Crippen LogP contribution in [-0.4, -0.2) is 52.0 Å². The zero-order valence-corrected chi connectivity index (χ0v) is 17.2. The van der Waals surface area contributed by atoms with E-state index in [4.69, 9.17) is 0 Å². The fourth-order valence-corrected chi connectivity index (χ4v) is 4.28. The second-order valence-corrected chi connectivity index (χ2v) is 7.81. The van der Waals surface area contributed by atoms with Gasteiger partial charge in [0, 0.05) is 31.9 Å². The van der Waals surface area contributed by atoms with Crippen LogP contribution in [0.25, 0.3) is 11.0 Å². The van der Waals surface area contributed by atoms with Crippen molar-refractivity contribution >= 4 is 22.8 Å². The minimum Gasteiger partial charge on any atom is -0.345 e. The molecule has 6 heteroatoms. The molecule has 1 aliphatic heterocycles. The number of hydrogen-bond acceptors (Lipinski definition) is 3. The second kappa shape index (κ2) is 8.62. The zero-order chi connectivity index (χ0) is 21.0. The number of amides is 2. The minimum absolute atomic E-state index is 0.0607. The Labute approximate surface area is 181 Å². The third-order valence-corrected chi connectivity index (χ3v) is 5.87. The number of benzene rings is 3. The first kappa shape index (κ1) is 19.3. The summed E-state index contributed by atoms with van der Waals surface area (Å²) in [4.78, 5) is 24.5. The second-order valence-electron chi connectivity index (χ2n) is 7.81. The largest absolute Gasteiger partial charge is 0.345 e. The van der Waals surface area contributed by atoms with Crippen molar-refractivity contribution in [3.8, 4) is 0 Å². The van der Waals surface area contributed by atoms with Crippen LogP contribution >= 0.6 is 0 Å². The summed E-state index contributed by atoms with van der Waals surface area (Å²) >= 11 is 0. The third kappa shape index (κ3) is 4.15. The summed E-state index contributed by atoms with van der Waals surface area (Å²) in [6.45, 7) is 3.02. The average Bonchev–Trinajstić information content (AvgIpc) is 3.29. The van der Waals surface area contributed by atoms with Gasteiger partial charge in [0.2, 0.25) is 0 Å². The van der Waals surface area contributed by atoms with E-state index in [1.165, 1.54) is 11.1 Å². The lowest BCUT2D eigenvalue weighted by molar-refractivity contribution is 0.126. The number of carbonyl (C=O) groups excluding carboxylic acids is 1. The summed E-state index contributed by atoms with van der Waals surface area (Å²) in [5.41, 5.74) is 5.13. The molecule has 1 aromatic heterocycles. The van der Waals surface area contributed by atoms with Gasteiger partial charge in [0.15, 0.2) is 0 Å². The van der Waals surface area contributed by atoms with Crippen LogP contribution in [-0.2, 0) is 0 Å². The Morgan fingerprint density at radius 3 is 2.16 bits per heavy atom. The smallest absolute Gasteiger partial charge is 0.321 e. The summed E-state index contributed by atoms with van der Waals surface area (Å²) in [7, 11) is 0. The molecule has 0 bridgehead atoms. The highest BCUT2D eigenvalue weighted by molar-refractivity contribution is 5.92. The predicted octanol–water partition coefficient (Wildman–Crippen LogP) is 4.50. The van der Waals surface area contributed by atoms with Crippen molar-refractivity contribution in [2.24, 2.45) is 0 Å². The molecule has 2 N–H and O–H groups in total. The fourth-order valence-electron chi connectivity index (χ4n) is 4.28. The Bertz CT molecular complexity index is 1110. The molecule has 5 rings (SSSR count). The van der Waals surface area contributed by atoms with Crippen molar-refractivity contribution in [2.45, 2.75) is 6.04 Å². The number of anilines is 1. The molecule has 0 radical (unpaired) electrons. The lowest BCUT2D eigenvalue weighted by atomic mass is 9.96. The maximum Gasteiger partial charge on any atom is 0.321 e. The zero-order valence-electron chi connectivity index (χ0n) is 17.2. The van der Waals surface area contributed by atoms with Gasteiger partial charge in [0.25, 0.3) is 0 Å². The van der Waals surface area contributed by atoms with Gasteiger partial charge in [-0.15, -0.1) is 0 Å². The Balaban J connectivity index is 1.27. The molecule has 3 aromatic carbocycles. The van der Waals surface area contributed by atoms with Crippen molar-refractivity contribution in [1.82, 2.24) is 19.8 Å². The van der Waals surface area contributed by atoms with Crippen molar-refractivity contribution in [1.29, 1.82) is 0 Å². The van der Waals surface area contributed by atoms with Gasteiger partial charge in [0.1, 0.15) is 0 Å². The van der Waals surface area contributed by atoms with Crippen LogP contribution in [0.5, 0.6) is 0 Å². The van der Waals surface area contributed by atoms with Crippen LogP contribution in [0, 0.1) is 0 Å². The van der Waals surface area contributed by atoms with Gasteiger partial charge in [0.05, 0.1) is 23.4 Å². The highest BCUT2D eigenvalue weighted by atomic mass is 16.2. The number of imidazole rings is 1. The van der Waals surface area contributed by atoms with Gasteiger partial charge in [-0.05, 0) is 29.3 Å². The monoisotopic (exact) mass is 411 g/mol. The predicted molar refractivity (Wildman–Crippen MR) is 123 cm³/mol. The summed E-state index contributed by atoms with van der Waals surface area (Å²) < 4.78 is 0. The van der Waals surface area contributed by atoms with Crippen molar-refractivity contribution < 1.29 is 4.79 Å². The number of carbonyl (C=O) groups is 1. The lowest BCUT2D eigenvalue weighted by Crippen LogP contribution is -2.51. The first-order chi connectivity index (χ1) is 15.3. The first-order valence-electron chi connectivity index (χ1n) is 10.6. The topological polar surface area (TPSA) is 64.3 Å². The number of nitrogens with zero attached hydrogens (tertiary/aromatic N) is 3. The minimum atomic E-state index is -0.0607. The first-order valence-corrected chi connectivity index (χ1v) is 10.6. The number of nitrogens with one attached hydrogen (secondary N) is 2. The number of rotatable bonds is 4.